The fraction of sp³-hybridized carbons (Fsp3) is 1.00. The zero-order valence-electron chi connectivity index (χ0n) is 15.6. The van der Waals surface area contributed by atoms with E-state index < -0.39 is 31.1 Å². The SMILES string of the molecule is CCCCC[N+](CC)(CC)CC.O=S(=O)([N-]S(=O)(=O)C(F)(F)F)C(F)(F)F. The lowest BCUT2D eigenvalue weighted by molar-refractivity contribution is -0.923. The summed E-state index contributed by atoms with van der Waals surface area (Å²) in [5, 5.41) is 0. The van der Waals surface area contributed by atoms with E-state index in [4.69, 9.17) is 0 Å². The zero-order chi connectivity index (χ0) is 22.2. The second kappa shape index (κ2) is 10.8. The van der Waals surface area contributed by atoms with Gasteiger partial charge in [-0.3, -0.25) is 0 Å². The lowest BCUT2D eigenvalue weighted by atomic mass is 10.2. The van der Waals surface area contributed by atoms with Crippen LogP contribution in [-0.4, -0.2) is 58.5 Å². The molecular formula is C13H26F6N2O4S2. The van der Waals surface area contributed by atoms with Crippen LogP contribution in [0.15, 0.2) is 0 Å². The number of sulfonamides is 2. The number of rotatable bonds is 9. The number of quaternary nitrogens is 1. The van der Waals surface area contributed by atoms with Crippen molar-refractivity contribution in [1.82, 2.24) is 0 Å². The molecule has 0 unspecified atom stereocenters. The number of alkyl halides is 6. The van der Waals surface area contributed by atoms with E-state index in [0.717, 1.165) is 4.13 Å². The van der Waals surface area contributed by atoms with Crippen LogP contribution in [0.2, 0.25) is 0 Å². The lowest BCUT2D eigenvalue weighted by Gasteiger charge is -2.35. The van der Waals surface area contributed by atoms with Crippen molar-refractivity contribution in [3.63, 3.8) is 0 Å². The number of hydrogen-bond donors (Lipinski definition) is 0. The molecular weight excluding hydrogens is 426 g/mol. The molecule has 0 saturated carbocycles. The van der Waals surface area contributed by atoms with E-state index in [1.807, 2.05) is 0 Å². The Balaban J connectivity index is 0. The molecule has 27 heavy (non-hydrogen) atoms. The standard InChI is InChI=1S/C11H26N.C2F6NO4S2/c1-5-9-10-11-12(6-2,7-3)8-4;3-1(4,5)14(10,11)9-15(12,13)2(6,7)8/h5-11H2,1-4H3;/q+1;-1. The van der Waals surface area contributed by atoms with Crippen molar-refractivity contribution in [3.05, 3.63) is 4.13 Å². The van der Waals surface area contributed by atoms with Crippen molar-refractivity contribution in [3.8, 4) is 0 Å². The topological polar surface area (TPSA) is 82.4 Å². The van der Waals surface area contributed by atoms with E-state index in [9.17, 15) is 43.2 Å². The predicted octanol–water partition coefficient (Wildman–Crippen LogP) is 4.11. The summed E-state index contributed by atoms with van der Waals surface area (Å²) in [5.41, 5.74) is -12.4. The summed E-state index contributed by atoms with van der Waals surface area (Å²) in [4.78, 5) is 0. The lowest BCUT2D eigenvalue weighted by Crippen LogP contribution is -2.48. The third-order valence-corrected chi connectivity index (χ3v) is 6.77. The van der Waals surface area contributed by atoms with Crippen molar-refractivity contribution >= 4 is 20.0 Å². The van der Waals surface area contributed by atoms with Crippen molar-refractivity contribution in [1.29, 1.82) is 0 Å². The molecule has 0 saturated heterocycles. The fourth-order valence-electron chi connectivity index (χ4n) is 2.06. The molecule has 0 aromatic rings. The third-order valence-electron chi connectivity index (χ3n) is 4.03. The van der Waals surface area contributed by atoms with Crippen LogP contribution in [-0.2, 0) is 20.0 Å². The molecule has 6 nitrogen and oxygen atoms in total. The van der Waals surface area contributed by atoms with Gasteiger partial charge in [-0.25, -0.2) is 16.8 Å². The van der Waals surface area contributed by atoms with Gasteiger partial charge in [0, 0.05) is 0 Å². The molecule has 0 heterocycles. The average Bonchev–Trinajstić information content (AvgIpc) is 2.50. The highest BCUT2D eigenvalue weighted by molar-refractivity contribution is 8.13. The first-order valence-electron chi connectivity index (χ1n) is 8.17. The average molecular weight is 452 g/mol. The van der Waals surface area contributed by atoms with Gasteiger partial charge in [0.25, 0.3) is 0 Å². The molecule has 0 bridgehead atoms. The quantitative estimate of drug-likeness (QED) is 0.299. The second-order valence-electron chi connectivity index (χ2n) is 5.64. The Morgan fingerprint density at radius 2 is 1.04 bits per heavy atom. The molecule has 0 amide bonds. The molecule has 0 rings (SSSR count). The summed E-state index contributed by atoms with van der Waals surface area (Å²) >= 11 is 0. The molecule has 0 fully saturated rings. The van der Waals surface area contributed by atoms with E-state index in [-0.39, 0.29) is 0 Å². The minimum absolute atomic E-state index is 0.778. The van der Waals surface area contributed by atoms with Crippen LogP contribution < -0.4 is 0 Å². The summed E-state index contributed by atoms with van der Waals surface area (Å²) in [6, 6.07) is 0. The van der Waals surface area contributed by atoms with E-state index in [1.165, 1.54) is 49.9 Å². The molecule has 0 atom stereocenters. The molecule has 0 aliphatic rings. The Hall–Kier alpha value is -0.600. The normalized spacial score (nSPS) is 13.9. The van der Waals surface area contributed by atoms with Crippen LogP contribution in [0.4, 0.5) is 26.3 Å². The zero-order valence-corrected chi connectivity index (χ0v) is 17.2. The van der Waals surface area contributed by atoms with Crippen molar-refractivity contribution in [2.45, 2.75) is 58.0 Å². The van der Waals surface area contributed by atoms with Crippen LogP contribution >= 0.6 is 0 Å². The number of hydrogen-bond acceptors (Lipinski definition) is 4. The highest BCUT2D eigenvalue weighted by Gasteiger charge is 2.46. The van der Waals surface area contributed by atoms with E-state index in [1.54, 1.807) is 0 Å². The molecule has 14 heteroatoms. The van der Waals surface area contributed by atoms with Crippen LogP contribution in [0.3, 0.4) is 0 Å². The molecule has 0 aromatic heterocycles. The first-order valence-corrected chi connectivity index (χ1v) is 11.0. The predicted molar refractivity (Wildman–Crippen MR) is 89.6 cm³/mol. The van der Waals surface area contributed by atoms with Gasteiger partial charge < -0.3 is 8.61 Å². The van der Waals surface area contributed by atoms with Gasteiger partial charge in [0.15, 0.2) is 20.0 Å². The molecule has 0 aliphatic heterocycles. The Kier molecular flexibility index (Phi) is 11.5. The van der Waals surface area contributed by atoms with Gasteiger partial charge in [-0.15, -0.1) is 0 Å². The molecule has 0 aliphatic carbocycles. The number of halogens is 6. The Morgan fingerprint density at radius 3 is 1.26 bits per heavy atom. The number of unbranched alkanes of at least 4 members (excludes halogenated alkanes) is 2. The van der Waals surface area contributed by atoms with Crippen LogP contribution in [0.1, 0.15) is 47.0 Å². The van der Waals surface area contributed by atoms with E-state index in [2.05, 4.69) is 27.7 Å². The van der Waals surface area contributed by atoms with E-state index in [0.29, 0.717) is 0 Å². The molecule has 0 radical (unpaired) electrons. The first kappa shape index (κ1) is 28.6. The molecule has 0 N–H and O–H groups in total. The summed E-state index contributed by atoms with van der Waals surface area (Å²) in [5.74, 6) is 0. The summed E-state index contributed by atoms with van der Waals surface area (Å²) in [6.45, 7) is 14.5. The second-order valence-corrected chi connectivity index (χ2v) is 9.06. The molecule has 0 spiro atoms. The van der Waals surface area contributed by atoms with Crippen molar-refractivity contribution in [2.75, 3.05) is 26.2 Å². The monoisotopic (exact) mass is 452 g/mol. The maximum absolute atomic E-state index is 11.4. The Bertz CT molecular complexity index is 576. The van der Waals surface area contributed by atoms with Gasteiger partial charge in [-0.1, -0.05) is 13.3 Å². The van der Waals surface area contributed by atoms with Gasteiger partial charge >= 0.3 is 11.0 Å². The fourth-order valence-corrected chi connectivity index (χ4v) is 3.77. The first-order chi connectivity index (χ1) is 11.9. The summed E-state index contributed by atoms with van der Waals surface area (Å²) in [6.07, 6.45) is 4.16. The van der Waals surface area contributed by atoms with Gasteiger partial charge in [0.05, 0.1) is 26.2 Å². The highest BCUT2D eigenvalue weighted by atomic mass is 32.3. The van der Waals surface area contributed by atoms with E-state index >= 15 is 0 Å². The Morgan fingerprint density at radius 1 is 0.704 bits per heavy atom. The minimum atomic E-state index is -6.72. The Labute approximate surface area is 156 Å². The summed E-state index contributed by atoms with van der Waals surface area (Å²) in [7, 11) is -13.4. The minimum Gasteiger partial charge on any atom is -0.421 e. The maximum Gasteiger partial charge on any atom is 0.480 e. The molecule has 166 valence electrons. The van der Waals surface area contributed by atoms with Crippen LogP contribution in [0.25, 0.3) is 4.13 Å². The van der Waals surface area contributed by atoms with Gasteiger partial charge in [0.2, 0.25) is 0 Å². The van der Waals surface area contributed by atoms with Gasteiger partial charge in [-0.05, 0) is 33.6 Å². The maximum atomic E-state index is 11.4. The molecule has 0 aromatic carbocycles. The van der Waals surface area contributed by atoms with Gasteiger partial charge in [0.1, 0.15) is 0 Å². The smallest absolute Gasteiger partial charge is 0.421 e. The van der Waals surface area contributed by atoms with Gasteiger partial charge in [-0.2, -0.15) is 26.3 Å². The van der Waals surface area contributed by atoms with Crippen molar-refractivity contribution in [2.24, 2.45) is 0 Å². The highest BCUT2D eigenvalue weighted by Crippen LogP contribution is 2.36. The van der Waals surface area contributed by atoms with Crippen molar-refractivity contribution < 1.29 is 47.7 Å². The van der Waals surface area contributed by atoms with Crippen LogP contribution in [0.5, 0.6) is 0 Å². The summed E-state index contributed by atoms with van der Waals surface area (Å²) < 4.78 is 111. The third kappa shape index (κ3) is 9.43. The number of nitrogens with zero attached hydrogens (tertiary/aromatic N) is 2. The van der Waals surface area contributed by atoms with Crippen LogP contribution in [0, 0.1) is 0 Å². The largest absolute Gasteiger partial charge is 0.480 e.